The predicted molar refractivity (Wildman–Crippen MR) is 71.2 cm³/mol. The Bertz CT molecular complexity index is 376. The number of hydrogen-bond donors (Lipinski definition) is 1. The maximum absolute atomic E-state index is 6.41. The Morgan fingerprint density at radius 3 is 2.94 bits per heavy atom. The van der Waals surface area contributed by atoms with Crippen LogP contribution in [0.5, 0.6) is 0 Å². The first-order chi connectivity index (χ1) is 8.63. The summed E-state index contributed by atoms with van der Waals surface area (Å²) in [6.07, 6.45) is 2.65. The third kappa shape index (κ3) is 2.71. The zero-order valence-electron chi connectivity index (χ0n) is 11.6. The van der Waals surface area contributed by atoms with Crippen LogP contribution >= 0.6 is 0 Å². The lowest BCUT2D eigenvalue weighted by molar-refractivity contribution is 0.0943. The molecule has 0 spiro atoms. The van der Waals surface area contributed by atoms with Crippen molar-refractivity contribution in [2.75, 3.05) is 33.7 Å². The summed E-state index contributed by atoms with van der Waals surface area (Å²) in [5, 5.41) is 4.26. The van der Waals surface area contributed by atoms with Crippen LogP contribution in [0.15, 0.2) is 6.33 Å². The number of piperazine rings is 1. The maximum atomic E-state index is 6.41. The minimum Gasteiger partial charge on any atom is -0.320 e. The summed E-state index contributed by atoms with van der Waals surface area (Å²) in [6.45, 7) is 6.15. The van der Waals surface area contributed by atoms with Gasteiger partial charge >= 0.3 is 0 Å². The van der Waals surface area contributed by atoms with Crippen molar-refractivity contribution in [2.45, 2.75) is 32.0 Å². The summed E-state index contributed by atoms with van der Waals surface area (Å²) >= 11 is 0. The van der Waals surface area contributed by atoms with Crippen LogP contribution in [-0.4, -0.2) is 64.3 Å². The van der Waals surface area contributed by atoms with Gasteiger partial charge in [0.15, 0.2) is 0 Å². The molecule has 1 aromatic heterocycles. The number of hydrogen-bond acceptors (Lipinski definition) is 5. The highest BCUT2D eigenvalue weighted by atomic mass is 15.4. The van der Waals surface area contributed by atoms with Crippen molar-refractivity contribution in [1.82, 2.24) is 24.6 Å². The zero-order valence-corrected chi connectivity index (χ0v) is 11.6. The molecule has 6 nitrogen and oxygen atoms in total. The van der Waals surface area contributed by atoms with Gasteiger partial charge in [0.25, 0.3) is 0 Å². The number of nitrogens with zero attached hydrogens (tertiary/aromatic N) is 5. The van der Waals surface area contributed by atoms with Gasteiger partial charge in [0, 0.05) is 32.2 Å². The minimum atomic E-state index is -0.0770. The Kier molecular flexibility index (Phi) is 4.31. The van der Waals surface area contributed by atoms with E-state index in [1.54, 1.807) is 6.33 Å². The van der Waals surface area contributed by atoms with E-state index >= 15 is 0 Å². The first kappa shape index (κ1) is 13.5. The normalized spacial score (nSPS) is 24.3. The van der Waals surface area contributed by atoms with Crippen LogP contribution in [0.1, 0.15) is 25.2 Å². The number of aryl methyl sites for hydroxylation is 1. The summed E-state index contributed by atoms with van der Waals surface area (Å²) in [6, 6.07) is 0.232. The van der Waals surface area contributed by atoms with E-state index in [1.807, 2.05) is 4.68 Å². The fourth-order valence-electron chi connectivity index (χ4n) is 2.52. The van der Waals surface area contributed by atoms with Crippen LogP contribution in [0.25, 0.3) is 0 Å². The topological polar surface area (TPSA) is 63.2 Å². The highest BCUT2D eigenvalue weighted by molar-refractivity contribution is 5.01. The molecule has 2 heterocycles. The molecule has 0 bridgehead atoms. The largest absolute Gasteiger partial charge is 0.320 e. The van der Waals surface area contributed by atoms with Crippen LogP contribution < -0.4 is 5.73 Å². The van der Waals surface area contributed by atoms with E-state index < -0.39 is 0 Å². The Morgan fingerprint density at radius 2 is 2.22 bits per heavy atom. The highest BCUT2D eigenvalue weighted by Gasteiger charge is 2.31. The van der Waals surface area contributed by atoms with Gasteiger partial charge in [0.2, 0.25) is 0 Å². The molecule has 2 unspecified atom stereocenters. The van der Waals surface area contributed by atoms with Gasteiger partial charge in [0.1, 0.15) is 12.2 Å². The average Bonchev–Trinajstić information content (AvgIpc) is 2.80. The second-order valence-corrected chi connectivity index (χ2v) is 5.18. The van der Waals surface area contributed by atoms with Crippen LogP contribution in [0.3, 0.4) is 0 Å². The fraction of sp³-hybridized carbons (Fsp3) is 0.833. The third-order valence-electron chi connectivity index (χ3n) is 3.69. The van der Waals surface area contributed by atoms with Crippen molar-refractivity contribution in [1.29, 1.82) is 0 Å². The van der Waals surface area contributed by atoms with Crippen molar-refractivity contribution in [3.8, 4) is 0 Å². The molecule has 1 aliphatic rings. The quantitative estimate of drug-likeness (QED) is 0.813. The zero-order chi connectivity index (χ0) is 13.1. The first-order valence-corrected chi connectivity index (χ1v) is 6.65. The second-order valence-electron chi connectivity index (χ2n) is 5.18. The summed E-state index contributed by atoms with van der Waals surface area (Å²) in [7, 11) is 4.28. The van der Waals surface area contributed by atoms with Crippen LogP contribution in [0.2, 0.25) is 0 Å². The molecular weight excluding hydrogens is 228 g/mol. The van der Waals surface area contributed by atoms with E-state index in [1.165, 1.54) is 0 Å². The molecule has 0 radical (unpaired) electrons. The third-order valence-corrected chi connectivity index (χ3v) is 3.69. The molecule has 2 atom stereocenters. The standard InChI is InChI=1S/C12H24N6/c1-4-5-18-12(14-9-15-18)11(13)10-8-16(2)6-7-17(10)3/h9-11H,4-8,13H2,1-3H3. The molecule has 0 saturated carbocycles. The molecule has 0 aromatic carbocycles. The van der Waals surface area contributed by atoms with Crippen molar-refractivity contribution in [2.24, 2.45) is 5.73 Å². The fourth-order valence-corrected chi connectivity index (χ4v) is 2.52. The average molecular weight is 252 g/mol. The Morgan fingerprint density at radius 1 is 1.44 bits per heavy atom. The van der Waals surface area contributed by atoms with Crippen LogP contribution in [0, 0.1) is 0 Å². The molecule has 1 saturated heterocycles. The van der Waals surface area contributed by atoms with Crippen LogP contribution in [0.4, 0.5) is 0 Å². The van der Waals surface area contributed by atoms with Gasteiger partial charge in [-0.15, -0.1) is 0 Å². The summed E-state index contributed by atoms with van der Waals surface area (Å²) in [5.74, 6) is 0.906. The number of nitrogens with two attached hydrogens (primary N) is 1. The predicted octanol–water partition coefficient (Wildman–Crippen LogP) is -0.0663. The van der Waals surface area contributed by atoms with Crippen molar-refractivity contribution >= 4 is 0 Å². The Balaban J connectivity index is 2.13. The van der Waals surface area contributed by atoms with Crippen molar-refractivity contribution in [3.05, 3.63) is 12.2 Å². The van der Waals surface area contributed by atoms with Crippen molar-refractivity contribution < 1.29 is 0 Å². The molecule has 1 aromatic rings. The highest BCUT2D eigenvalue weighted by Crippen LogP contribution is 2.19. The van der Waals surface area contributed by atoms with Gasteiger partial charge in [-0.2, -0.15) is 5.10 Å². The first-order valence-electron chi connectivity index (χ1n) is 6.65. The molecule has 2 N–H and O–H groups in total. The number of rotatable bonds is 4. The van der Waals surface area contributed by atoms with Crippen molar-refractivity contribution in [3.63, 3.8) is 0 Å². The van der Waals surface area contributed by atoms with Gasteiger partial charge in [-0.05, 0) is 20.5 Å². The molecule has 0 aliphatic carbocycles. The molecule has 6 heteroatoms. The molecule has 102 valence electrons. The van der Waals surface area contributed by atoms with Crippen LogP contribution in [-0.2, 0) is 6.54 Å². The molecule has 1 fully saturated rings. The second kappa shape index (κ2) is 5.77. The smallest absolute Gasteiger partial charge is 0.145 e. The van der Waals surface area contributed by atoms with E-state index in [0.717, 1.165) is 38.4 Å². The van der Waals surface area contributed by atoms with E-state index in [-0.39, 0.29) is 6.04 Å². The molecule has 0 amide bonds. The molecule has 2 rings (SSSR count). The van der Waals surface area contributed by atoms with Gasteiger partial charge in [0.05, 0.1) is 6.04 Å². The van der Waals surface area contributed by atoms with Gasteiger partial charge in [-0.3, -0.25) is 4.90 Å². The Labute approximate surface area is 109 Å². The Hall–Kier alpha value is -0.980. The van der Waals surface area contributed by atoms with E-state index in [9.17, 15) is 0 Å². The summed E-state index contributed by atoms with van der Waals surface area (Å²) < 4.78 is 1.94. The van der Waals surface area contributed by atoms with E-state index in [4.69, 9.17) is 5.73 Å². The number of likely N-dealkylation sites (N-methyl/N-ethyl adjacent to an activating group) is 2. The number of aromatic nitrogens is 3. The maximum Gasteiger partial charge on any atom is 0.145 e. The lowest BCUT2D eigenvalue weighted by atomic mass is 10.0. The molecule has 1 aliphatic heterocycles. The SMILES string of the molecule is CCCn1ncnc1C(N)C1CN(C)CCN1C. The van der Waals surface area contributed by atoms with Gasteiger partial charge < -0.3 is 10.6 Å². The van der Waals surface area contributed by atoms with E-state index in [0.29, 0.717) is 6.04 Å². The summed E-state index contributed by atoms with van der Waals surface area (Å²) in [4.78, 5) is 9.00. The lowest BCUT2D eigenvalue weighted by Gasteiger charge is -2.40. The summed E-state index contributed by atoms with van der Waals surface area (Å²) in [5.41, 5.74) is 6.41. The monoisotopic (exact) mass is 252 g/mol. The molecular formula is C12H24N6. The minimum absolute atomic E-state index is 0.0770. The van der Waals surface area contributed by atoms with E-state index in [2.05, 4.69) is 40.9 Å². The molecule has 18 heavy (non-hydrogen) atoms. The van der Waals surface area contributed by atoms with Gasteiger partial charge in [-0.1, -0.05) is 6.92 Å². The van der Waals surface area contributed by atoms with Gasteiger partial charge in [-0.25, -0.2) is 9.67 Å². The lowest BCUT2D eigenvalue weighted by Crippen LogP contribution is -2.54.